The van der Waals surface area contributed by atoms with Gasteiger partial charge in [-0.15, -0.1) is 5.73 Å². The number of nitrogens with one attached hydrogen (secondary N) is 2. The predicted molar refractivity (Wildman–Crippen MR) is 54.4 cm³/mol. The molecule has 0 radical (unpaired) electrons. The summed E-state index contributed by atoms with van der Waals surface area (Å²) < 4.78 is 0. The molecule has 2 heteroatoms. The first-order valence-corrected chi connectivity index (χ1v) is 4.67. The lowest BCUT2D eigenvalue weighted by Gasteiger charge is -2.01. The molecule has 0 amide bonds. The van der Waals surface area contributed by atoms with Crippen LogP contribution in [-0.4, -0.2) is 26.2 Å². The van der Waals surface area contributed by atoms with E-state index in [1.807, 2.05) is 6.08 Å². The largest absolute Gasteiger partial charge is 0.317 e. The molecule has 0 atom stereocenters. The third kappa shape index (κ3) is 9.44. The van der Waals surface area contributed by atoms with Crippen LogP contribution < -0.4 is 10.6 Å². The molecule has 70 valence electrons. The van der Waals surface area contributed by atoms with Crippen LogP contribution in [0, 0.1) is 0 Å². The Morgan fingerprint density at radius 1 is 1.25 bits per heavy atom. The van der Waals surface area contributed by atoms with Gasteiger partial charge in [0.1, 0.15) is 0 Å². The van der Waals surface area contributed by atoms with Gasteiger partial charge in [-0.05, 0) is 38.6 Å². The van der Waals surface area contributed by atoms with Gasteiger partial charge in [0, 0.05) is 6.54 Å². The molecule has 0 saturated carbocycles. The molecular formula is C10H20N2. The van der Waals surface area contributed by atoms with Crippen molar-refractivity contribution >= 4 is 0 Å². The molecular weight excluding hydrogens is 148 g/mol. The van der Waals surface area contributed by atoms with Crippen molar-refractivity contribution in [3.05, 3.63) is 18.4 Å². The summed E-state index contributed by atoms with van der Waals surface area (Å²) in [4.78, 5) is 0. The highest BCUT2D eigenvalue weighted by Gasteiger charge is 1.86. The summed E-state index contributed by atoms with van der Waals surface area (Å²) in [5, 5.41) is 6.57. The van der Waals surface area contributed by atoms with Crippen molar-refractivity contribution in [2.75, 3.05) is 26.2 Å². The average Bonchev–Trinajstić information content (AvgIpc) is 2.10. The van der Waals surface area contributed by atoms with Crippen LogP contribution in [-0.2, 0) is 0 Å². The molecule has 0 aromatic carbocycles. The van der Waals surface area contributed by atoms with E-state index in [9.17, 15) is 0 Å². The second-order valence-electron chi connectivity index (χ2n) is 2.67. The predicted octanol–water partition coefficient (Wildman–Crippen LogP) is 1.31. The molecule has 0 fully saturated rings. The lowest BCUT2D eigenvalue weighted by atomic mass is 10.3. The van der Waals surface area contributed by atoms with Gasteiger partial charge >= 0.3 is 0 Å². The number of hydrogen-bond acceptors (Lipinski definition) is 2. The Labute approximate surface area is 75.7 Å². The van der Waals surface area contributed by atoms with Gasteiger partial charge in [0.25, 0.3) is 0 Å². The van der Waals surface area contributed by atoms with Crippen molar-refractivity contribution in [1.82, 2.24) is 10.6 Å². The minimum absolute atomic E-state index is 0.894. The first-order valence-electron chi connectivity index (χ1n) is 4.67. The highest BCUT2D eigenvalue weighted by molar-refractivity contribution is 4.77. The fourth-order valence-corrected chi connectivity index (χ4v) is 0.923. The maximum Gasteiger partial charge on any atom is 0.0209 e. The highest BCUT2D eigenvalue weighted by atomic mass is 14.9. The topological polar surface area (TPSA) is 24.1 Å². The Balaban J connectivity index is 2.86. The first-order chi connectivity index (χ1) is 5.91. The molecule has 0 aliphatic rings. The lowest BCUT2D eigenvalue weighted by molar-refractivity contribution is 0.609. The van der Waals surface area contributed by atoms with E-state index in [1.165, 1.54) is 12.8 Å². The van der Waals surface area contributed by atoms with Gasteiger partial charge < -0.3 is 10.6 Å². The summed E-state index contributed by atoms with van der Waals surface area (Å²) in [7, 11) is 0. The standard InChI is InChI=1S/C10H20N2/c1-3-5-8-12-10-7-6-9-11-4-2/h5,11-12H,1,4,6-10H2,2H3. The average molecular weight is 168 g/mol. The molecule has 0 aliphatic heterocycles. The Hall–Kier alpha value is -0.560. The van der Waals surface area contributed by atoms with Crippen molar-refractivity contribution in [1.29, 1.82) is 0 Å². The monoisotopic (exact) mass is 168 g/mol. The van der Waals surface area contributed by atoms with Crippen LogP contribution in [0.25, 0.3) is 0 Å². The molecule has 12 heavy (non-hydrogen) atoms. The molecule has 2 nitrogen and oxygen atoms in total. The van der Waals surface area contributed by atoms with Gasteiger partial charge in [0.15, 0.2) is 0 Å². The molecule has 0 aliphatic carbocycles. The van der Waals surface area contributed by atoms with Gasteiger partial charge in [-0.25, -0.2) is 0 Å². The van der Waals surface area contributed by atoms with Crippen LogP contribution in [0.1, 0.15) is 19.8 Å². The maximum absolute atomic E-state index is 3.49. The van der Waals surface area contributed by atoms with E-state index in [2.05, 4.69) is 29.9 Å². The summed E-state index contributed by atoms with van der Waals surface area (Å²) in [6.07, 6.45) is 4.39. The van der Waals surface area contributed by atoms with Gasteiger partial charge in [-0.2, -0.15) is 0 Å². The van der Waals surface area contributed by atoms with E-state index in [0.717, 1.165) is 26.2 Å². The van der Waals surface area contributed by atoms with Crippen LogP contribution in [0.4, 0.5) is 0 Å². The van der Waals surface area contributed by atoms with E-state index in [0.29, 0.717) is 0 Å². The molecule has 0 bridgehead atoms. The van der Waals surface area contributed by atoms with E-state index in [1.54, 1.807) is 0 Å². The van der Waals surface area contributed by atoms with Crippen LogP contribution in [0.2, 0.25) is 0 Å². The minimum atomic E-state index is 0.894. The van der Waals surface area contributed by atoms with Crippen molar-refractivity contribution < 1.29 is 0 Å². The summed E-state index contributed by atoms with van der Waals surface area (Å²) >= 11 is 0. The minimum Gasteiger partial charge on any atom is -0.317 e. The van der Waals surface area contributed by atoms with E-state index in [4.69, 9.17) is 0 Å². The molecule has 2 N–H and O–H groups in total. The molecule has 0 heterocycles. The molecule has 0 spiro atoms. The Morgan fingerprint density at radius 3 is 2.50 bits per heavy atom. The molecule has 0 aromatic heterocycles. The SMILES string of the molecule is C=C=CCNCCCCNCC. The summed E-state index contributed by atoms with van der Waals surface area (Å²) in [5.74, 6) is 0. The number of rotatable bonds is 8. The molecule has 0 saturated heterocycles. The van der Waals surface area contributed by atoms with Crippen molar-refractivity contribution in [2.45, 2.75) is 19.8 Å². The van der Waals surface area contributed by atoms with Crippen LogP contribution in [0.15, 0.2) is 18.4 Å². The van der Waals surface area contributed by atoms with Crippen LogP contribution >= 0.6 is 0 Å². The smallest absolute Gasteiger partial charge is 0.0209 e. The van der Waals surface area contributed by atoms with E-state index >= 15 is 0 Å². The lowest BCUT2D eigenvalue weighted by Crippen LogP contribution is -2.18. The van der Waals surface area contributed by atoms with Crippen molar-refractivity contribution in [3.63, 3.8) is 0 Å². The Bertz CT molecular complexity index is 126. The van der Waals surface area contributed by atoms with E-state index in [-0.39, 0.29) is 0 Å². The zero-order valence-electron chi connectivity index (χ0n) is 8.03. The number of unbranched alkanes of at least 4 members (excludes halogenated alkanes) is 1. The van der Waals surface area contributed by atoms with E-state index < -0.39 is 0 Å². The van der Waals surface area contributed by atoms with Gasteiger partial charge in [-0.3, -0.25) is 0 Å². The molecule has 0 rings (SSSR count). The molecule has 0 unspecified atom stereocenters. The molecule has 0 aromatic rings. The fraction of sp³-hybridized carbons (Fsp3) is 0.700. The maximum atomic E-state index is 3.49. The Kier molecular flexibility index (Phi) is 9.95. The third-order valence-corrected chi connectivity index (χ3v) is 1.60. The zero-order valence-corrected chi connectivity index (χ0v) is 8.03. The van der Waals surface area contributed by atoms with Gasteiger partial charge in [0.2, 0.25) is 0 Å². The zero-order chi connectivity index (χ0) is 9.07. The second kappa shape index (κ2) is 10.4. The Morgan fingerprint density at radius 2 is 1.92 bits per heavy atom. The number of hydrogen-bond donors (Lipinski definition) is 2. The summed E-state index contributed by atoms with van der Waals surface area (Å²) in [6, 6.07) is 0. The summed E-state index contributed by atoms with van der Waals surface area (Å²) in [5.41, 5.74) is 2.73. The summed E-state index contributed by atoms with van der Waals surface area (Å²) in [6.45, 7) is 9.81. The van der Waals surface area contributed by atoms with Crippen LogP contribution in [0.5, 0.6) is 0 Å². The highest BCUT2D eigenvalue weighted by Crippen LogP contribution is 1.83. The second-order valence-corrected chi connectivity index (χ2v) is 2.67. The van der Waals surface area contributed by atoms with Gasteiger partial charge in [0.05, 0.1) is 0 Å². The normalized spacial score (nSPS) is 9.42. The fourth-order valence-electron chi connectivity index (χ4n) is 0.923. The quantitative estimate of drug-likeness (QED) is 0.422. The van der Waals surface area contributed by atoms with Crippen LogP contribution in [0.3, 0.4) is 0 Å². The van der Waals surface area contributed by atoms with Gasteiger partial charge in [-0.1, -0.05) is 13.5 Å². The first kappa shape index (κ1) is 11.4. The van der Waals surface area contributed by atoms with Crippen molar-refractivity contribution in [2.24, 2.45) is 0 Å². The third-order valence-electron chi connectivity index (χ3n) is 1.60. The van der Waals surface area contributed by atoms with Crippen molar-refractivity contribution in [3.8, 4) is 0 Å².